The minimum absolute atomic E-state index is 0.173. The molecular formula is C14H18N2O. The number of nitrogens with zero attached hydrogens (tertiary/aromatic N) is 1. The molecule has 2 heterocycles. The van der Waals surface area contributed by atoms with Crippen LogP contribution >= 0.6 is 0 Å². The highest BCUT2D eigenvalue weighted by molar-refractivity contribution is 5.98. The second kappa shape index (κ2) is 4.15. The van der Waals surface area contributed by atoms with Gasteiger partial charge in [0.25, 0.3) is 5.91 Å². The Morgan fingerprint density at radius 3 is 3.12 bits per heavy atom. The first-order valence-electron chi connectivity index (χ1n) is 6.32. The molecule has 1 aromatic carbocycles. The molecule has 17 heavy (non-hydrogen) atoms. The number of hydrogen-bond acceptors (Lipinski definition) is 2. The molecule has 3 rings (SSSR count). The standard InChI is InChI=1S/C14H18N2O/c1-16-9-12-3-2-10(7-13(12)14(16)17)6-11-4-5-15-8-11/h2-3,7,11,15H,4-6,8-9H2,1H3. The van der Waals surface area contributed by atoms with Gasteiger partial charge in [-0.2, -0.15) is 0 Å². The summed E-state index contributed by atoms with van der Waals surface area (Å²) in [4.78, 5) is 13.7. The maximum Gasteiger partial charge on any atom is 0.254 e. The van der Waals surface area contributed by atoms with Gasteiger partial charge in [0.15, 0.2) is 0 Å². The van der Waals surface area contributed by atoms with Gasteiger partial charge in [0.1, 0.15) is 0 Å². The topological polar surface area (TPSA) is 32.3 Å². The lowest BCUT2D eigenvalue weighted by Gasteiger charge is -2.09. The smallest absolute Gasteiger partial charge is 0.254 e. The molecule has 0 saturated carbocycles. The number of carbonyl (C=O) groups excluding carboxylic acids is 1. The average Bonchev–Trinajstić information content (AvgIpc) is 2.91. The van der Waals surface area contributed by atoms with Crippen molar-refractivity contribution < 1.29 is 4.79 Å². The summed E-state index contributed by atoms with van der Waals surface area (Å²) in [5.74, 6) is 0.911. The highest BCUT2D eigenvalue weighted by Crippen LogP contribution is 2.24. The molecule has 3 heteroatoms. The van der Waals surface area contributed by atoms with Gasteiger partial charge in [0, 0.05) is 19.2 Å². The minimum atomic E-state index is 0.173. The molecule has 0 aromatic heterocycles. The molecule has 0 bridgehead atoms. The molecule has 3 nitrogen and oxygen atoms in total. The van der Waals surface area contributed by atoms with Gasteiger partial charge in [-0.3, -0.25) is 4.79 Å². The summed E-state index contributed by atoms with van der Waals surface area (Å²) >= 11 is 0. The van der Waals surface area contributed by atoms with Crippen molar-refractivity contribution in [1.29, 1.82) is 0 Å². The number of hydrogen-bond donors (Lipinski definition) is 1. The Bertz CT molecular complexity index is 450. The molecule has 2 aliphatic heterocycles. The van der Waals surface area contributed by atoms with E-state index in [4.69, 9.17) is 0 Å². The summed E-state index contributed by atoms with van der Waals surface area (Å²) in [5, 5.41) is 3.39. The number of fused-ring (bicyclic) bond motifs is 1. The van der Waals surface area contributed by atoms with Crippen molar-refractivity contribution in [2.24, 2.45) is 5.92 Å². The molecule has 1 amide bonds. The van der Waals surface area contributed by atoms with E-state index in [-0.39, 0.29) is 5.91 Å². The van der Waals surface area contributed by atoms with Gasteiger partial charge in [-0.15, -0.1) is 0 Å². The van der Waals surface area contributed by atoms with Gasteiger partial charge in [-0.1, -0.05) is 12.1 Å². The normalized spacial score (nSPS) is 23.2. The van der Waals surface area contributed by atoms with Crippen molar-refractivity contribution in [3.05, 3.63) is 34.9 Å². The van der Waals surface area contributed by atoms with Crippen molar-refractivity contribution in [2.75, 3.05) is 20.1 Å². The van der Waals surface area contributed by atoms with Gasteiger partial charge in [-0.05, 0) is 49.0 Å². The predicted octanol–water partition coefficient (Wildman–Crippen LogP) is 1.42. The monoisotopic (exact) mass is 230 g/mol. The Kier molecular flexibility index (Phi) is 2.63. The third-order valence-corrected chi connectivity index (χ3v) is 3.85. The highest BCUT2D eigenvalue weighted by atomic mass is 16.2. The molecule has 1 saturated heterocycles. The molecule has 0 radical (unpaired) electrons. The lowest BCUT2D eigenvalue weighted by molar-refractivity contribution is 0.0816. The van der Waals surface area contributed by atoms with Crippen molar-refractivity contribution in [2.45, 2.75) is 19.4 Å². The summed E-state index contributed by atoms with van der Waals surface area (Å²) in [6.45, 7) is 3.02. The molecule has 1 N–H and O–H groups in total. The molecule has 0 spiro atoms. The highest BCUT2D eigenvalue weighted by Gasteiger charge is 2.24. The van der Waals surface area contributed by atoms with Crippen LogP contribution in [0.25, 0.3) is 0 Å². The Labute approximate surface area is 102 Å². The SMILES string of the molecule is CN1Cc2ccc(CC3CCNC3)cc2C1=O. The molecule has 2 aliphatic rings. The second-order valence-electron chi connectivity index (χ2n) is 5.22. The molecule has 1 aromatic rings. The van der Waals surface area contributed by atoms with Crippen LogP contribution in [0.1, 0.15) is 27.9 Å². The Balaban J connectivity index is 1.81. The van der Waals surface area contributed by atoms with E-state index in [1.807, 2.05) is 7.05 Å². The summed E-state index contributed by atoms with van der Waals surface area (Å²) in [5.41, 5.74) is 3.39. The summed E-state index contributed by atoms with van der Waals surface area (Å²) < 4.78 is 0. The lowest BCUT2D eigenvalue weighted by Crippen LogP contribution is -2.17. The Morgan fingerprint density at radius 2 is 2.35 bits per heavy atom. The Morgan fingerprint density at radius 1 is 1.47 bits per heavy atom. The van der Waals surface area contributed by atoms with E-state index in [1.54, 1.807) is 4.90 Å². The van der Waals surface area contributed by atoms with Crippen LogP contribution in [0.15, 0.2) is 18.2 Å². The fraction of sp³-hybridized carbons (Fsp3) is 0.500. The van der Waals surface area contributed by atoms with Crippen molar-refractivity contribution in [3.63, 3.8) is 0 Å². The maximum absolute atomic E-state index is 11.9. The number of benzene rings is 1. The van der Waals surface area contributed by atoms with Crippen LogP contribution in [0.3, 0.4) is 0 Å². The average molecular weight is 230 g/mol. The van der Waals surface area contributed by atoms with Gasteiger partial charge in [-0.25, -0.2) is 0 Å². The quantitative estimate of drug-likeness (QED) is 0.833. The fourth-order valence-corrected chi connectivity index (χ4v) is 2.84. The largest absolute Gasteiger partial charge is 0.337 e. The van der Waals surface area contributed by atoms with E-state index in [0.717, 1.165) is 37.5 Å². The molecule has 1 unspecified atom stereocenters. The fourth-order valence-electron chi connectivity index (χ4n) is 2.84. The zero-order chi connectivity index (χ0) is 11.8. The van der Waals surface area contributed by atoms with Crippen molar-refractivity contribution >= 4 is 5.91 Å². The van der Waals surface area contributed by atoms with Gasteiger partial charge >= 0.3 is 0 Å². The molecule has 1 atom stereocenters. The minimum Gasteiger partial charge on any atom is -0.337 e. The van der Waals surface area contributed by atoms with Crippen LogP contribution in [0.2, 0.25) is 0 Å². The number of carbonyl (C=O) groups is 1. The summed E-state index contributed by atoms with van der Waals surface area (Å²) in [6, 6.07) is 6.40. The number of amides is 1. The first-order chi connectivity index (χ1) is 8.24. The number of rotatable bonds is 2. The first-order valence-corrected chi connectivity index (χ1v) is 6.32. The molecular weight excluding hydrogens is 212 g/mol. The van der Waals surface area contributed by atoms with E-state index in [2.05, 4.69) is 23.5 Å². The van der Waals surface area contributed by atoms with E-state index in [9.17, 15) is 4.79 Å². The van der Waals surface area contributed by atoms with Crippen LogP contribution in [-0.4, -0.2) is 30.9 Å². The van der Waals surface area contributed by atoms with Crippen molar-refractivity contribution in [1.82, 2.24) is 10.2 Å². The van der Waals surface area contributed by atoms with Gasteiger partial charge in [0.2, 0.25) is 0 Å². The molecule has 90 valence electrons. The van der Waals surface area contributed by atoms with Crippen LogP contribution in [-0.2, 0) is 13.0 Å². The van der Waals surface area contributed by atoms with Crippen LogP contribution in [0.5, 0.6) is 0 Å². The predicted molar refractivity (Wildman–Crippen MR) is 66.9 cm³/mol. The van der Waals surface area contributed by atoms with E-state index >= 15 is 0 Å². The molecule has 0 aliphatic carbocycles. The van der Waals surface area contributed by atoms with Gasteiger partial charge < -0.3 is 10.2 Å². The summed E-state index contributed by atoms with van der Waals surface area (Å²) in [6.07, 6.45) is 2.35. The lowest BCUT2D eigenvalue weighted by atomic mass is 9.96. The van der Waals surface area contributed by atoms with Crippen LogP contribution in [0.4, 0.5) is 0 Å². The van der Waals surface area contributed by atoms with Crippen molar-refractivity contribution in [3.8, 4) is 0 Å². The summed E-state index contributed by atoms with van der Waals surface area (Å²) in [7, 11) is 1.86. The first kappa shape index (κ1) is 10.8. The maximum atomic E-state index is 11.9. The van der Waals surface area contributed by atoms with E-state index < -0.39 is 0 Å². The third-order valence-electron chi connectivity index (χ3n) is 3.85. The molecule has 1 fully saturated rings. The zero-order valence-electron chi connectivity index (χ0n) is 10.2. The second-order valence-corrected chi connectivity index (χ2v) is 5.22. The zero-order valence-corrected chi connectivity index (χ0v) is 10.2. The van der Waals surface area contributed by atoms with Crippen LogP contribution < -0.4 is 5.32 Å². The van der Waals surface area contributed by atoms with Crippen LogP contribution in [0, 0.1) is 5.92 Å². The van der Waals surface area contributed by atoms with E-state index in [0.29, 0.717) is 0 Å². The number of nitrogens with one attached hydrogen (secondary N) is 1. The van der Waals surface area contributed by atoms with E-state index in [1.165, 1.54) is 17.5 Å². The third kappa shape index (κ3) is 1.95. The van der Waals surface area contributed by atoms with Gasteiger partial charge in [0.05, 0.1) is 0 Å². The Hall–Kier alpha value is -1.35.